The summed E-state index contributed by atoms with van der Waals surface area (Å²) in [7, 11) is 0. The lowest BCUT2D eigenvalue weighted by molar-refractivity contribution is -0.0574. The predicted molar refractivity (Wildman–Crippen MR) is 80.8 cm³/mol. The predicted octanol–water partition coefficient (Wildman–Crippen LogP) is 2.99. The summed E-state index contributed by atoms with van der Waals surface area (Å²) >= 11 is 2.05. The topological polar surface area (TPSA) is 55.0 Å². The summed E-state index contributed by atoms with van der Waals surface area (Å²) in [5.41, 5.74) is 0.311. The Morgan fingerprint density at radius 3 is 2.33 bits per heavy atom. The second-order valence-corrected chi connectivity index (χ2v) is 5.24. The molecule has 1 rings (SSSR count). The molecule has 0 spiro atoms. The lowest BCUT2D eigenvalue weighted by Crippen LogP contribution is -2.34. The molecular formula is C13H21IN2O2. The highest BCUT2D eigenvalue weighted by Crippen LogP contribution is 2.30. The van der Waals surface area contributed by atoms with E-state index in [0.29, 0.717) is 16.0 Å². The largest absolute Gasteiger partial charge is 0.367 e. The Bertz CT molecular complexity index is 453. The summed E-state index contributed by atoms with van der Waals surface area (Å²) in [6.07, 6.45) is 2.35. The first kappa shape index (κ1) is 15.6. The zero-order valence-corrected chi connectivity index (χ0v) is 13.6. The van der Waals surface area contributed by atoms with Crippen molar-refractivity contribution in [2.45, 2.75) is 52.6 Å². The van der Waals surface area contributed by atoms with Gasteiger partial charge in [0.05, 0.1) is 9.26 Å². The van der Waals surface area contributed by atoms with Crippen LogP contribution >= 0.6 is 22.6 Å². The van der Waals surface area contributed by atoms with Gasteiger partial charge in [0.2, 0.25) is 0 Å². The van der Waals surface area contributed by atoms with Gasteiger partial charge in [-0.15, -0.1) is 0 Å². The van der Waals surface area contributed by atoms with Gasteiger partial charge in [-0.1, -0.05) is 20.8 Å². The van der Waals surface area contributed by atoms with Gasteiger partial charge in [-0.2, -0.15) is 0 Å². The number of nitrogens with one attached hydrogen (secondary N) is 1. The highest BCUT2D eigenvalue weighted by Gasteiger charge is 2.32. The average Bonchev–Trinajstić information content (AvgIpc) is 2.39. The van der Waals surface area contributed by atoms with Crippen molar-refractivity contribution in [3.05, 3.63) is 25.4 Å². The molecule has 0 unspecified atom stereocenters. The maximum atomic E-state index is 11.9. The molecule has 0 fully saturated rings. The van der Waals surface area contributed by atoms with Crippen LogP contribution in [0, 0.1) is 3.57 Å². The molecule has 0 bridgehead atoms. The van der Waals surface area contributed by atoms with Gasteiger partial charge in [0.25, 0.3) is 5.56 Å². The fourth-order valence-corrected chi connectivity index (χ4v) is 2.73. The minimum absolute atomic E-state index is 0.0663. The Balaban J connectivity index is 3.37. The van der Waals surface area contributed by atoms with Gasteiger partial charge < -0.3 is 9.72 Å². The van der Waals surface area contributed by atoms with E-state index in [-0.39, 0.29) is 5.56 Å². The second-order valence-electron chi connectivity index (χ2n) is 4.16. The fourth-order valence-electron chi connectivity index (χ4n) is 2.09. The molecule has 0 aromatic carbocycles. The smallest absolute Gasteiger partial charge is 0.264 e. The molecule has 0 saturated carbocycles. The molecule has 0 aliphatic rings. The Labute approximate surface area is 122 Å². The van der Waals surface area contributed by atoms with Crippen molar-refractivity contribution >= 4 is 22.6 Å². The van der Waals surface area contributed by atoms with E-state index in [1.54, 1.807) is 0 Å². The van der Waals surface area contributed by atoms with Crippen molar-refractivity contribution in [3.63, 3.8) is 0 Å². The molecule has 0 aliphatic carbocycles. The van der Waals surface area contributed by atoms with E-state index in [1.165, 1.54) is 0 Å². The number of ether oxygens (including phenoxy) is 1. The van der Waals surface area contributed by atoms with Gasteiger partial charge in [-0.25, -0.2) is 4.98 Å². The van der Waals surface area contributed by atoms with Crippen LogP contribution in [0.2, 0.25) is 0 Å². The number of rotatable bonds is 6. The molecule has 0 radical (unpaired) electrons. The molecule has 1 N–H and O–H groups in total. The average molecular weight is 364 g/mol. The van der Waals surface area contributed by atoms with E-state index < -0.39 is 5.60 Å². The van der Waals surface area contributed by atoms with Gasteiger partial charge in [0.15, 0.2) is 0 Å². The number of nitrogens with zero attached hydrogens (tertiary/aromatic N) is 1. The standard InChI is InChI=1S/C13H21IN2O2/c1-5-9-10(14)11(17)16-12(15-9)13(6-2,7-3)18-8-4/h5-8H2,1-4H3,(H,15,16,17). The van der Waals surface area contributed by atoms with E-state index >= 15 is 0 Å². The molecule has 5 heteroatoms. The number of halogens is 1. The SMILES string of the molecule is CCOC(CC)(CC)c1nc(CC)c(I)c(=O)[nH]1. The van der Waals surface area contributed by atoms with Crippen LogP contribution < -0.4 is 5.56 Å². The van der Waals surface area contributed by atoms with Crippen molar-refractivity contribution in [3.8, 4) is 0 Å². The number of aromatic amines is 1. The van der Waals surface area contributed by atoms with Crippen molar-refractivity contribution in [2.75, 3.05) is 6.61 Å². The summed E-state index contributed by atoms with van der Waals surface area (Å²) in [4.78, 5) is 19.4. The zero-order valence-electron chi connectivity index (χ0n) is 11.5. The van der Waals surface area contributed by atoms with Crippen LogP contribution in [-0.2, 0) is 16.8 Å². The summed E-state index contributed by atoms with van der Waals surface area (Å²) in [5, 5.41) is 0. The summed E-state index contributed by atoms with van der Waals surface area (Å²) in [6.45, 7) is 8.70. The number of aryl methyl sites for hydroxylation is 1. The van der Waals surface area contributed by atoms with E-state index in [2.05, 4.69) is 23.8 Å². The third-order valence-corrected chi connectivity index (χ3v) is 4.37. The van der Waals surface area contributed by atoms with Crippen molar-refractivity contribution in [1.29, 1.82) is 0 Å². The first-order chi connectivity index (χ1) is 8.54. The van der Waals surface area contributed by atoms with Gasteiger partial charge in [0, 0.05) is 6.61 Å². The van der Waals surface area contributed by atoms with Gasteiger partial charge in [-0.05, 0) is 48.8 Å². The van der Waals surface area contributed by atoms with Crippen LogP contribution in [0.3, 0.4) is 0 Å². The van der Waals surface area contributed by atoms with Crippen LogP contribution in [0.25, 0.3) is 0 Å². The minimum Gasteiger partial charge on any atom is -0.367 e. The van der Waals surface area contributed by atoms with Crippen LogP contribution in [0.4, 0.5) is 0 Å². The van der Waals surface area contributed by atoms with Crippen LogP contribution in [0.15, 0.2) is 4.79 Å². The third kappa shape index (κ3) is 2.93. The van der Waals surface area contributed by atoms with Crippen LogP contribution in [0.5, 0.6) is 0 Å². The fraction of sp³-hybridized carbons (Fsp3) is 0.692. The summed E-state index contributed by atoms with van der Waals surface area (Å²) < 4.78 is 6.55. The Morgan fingerprint density at radius 2 is 1.89 bits per heavy atom. The molecule has 1 heterocycles. The molecular weight excluding hydrogens is 343 g/mol. The van der Waals surface area contributed by atoms with E-state index in [4.69, 9.17) is 4.74 Å². The number of aromatic nitrogens is 2. The highest BCUT2D eigenvalue weighted by atomic mass is 127. The van der Waals surface area contributed by atoms with Crippen LogP contribution in [-0.4, -0.2) is 16.6 Å². The zero-order chi connectivity index (χ0) is 13.8. The molecule has 0 aliphatic heterocycles. The van der Waals surface area contributed by atoms with Crippen molar-refractivity contribution < 1.29 is 4.74 Å². The minimum atomic E-state index is -0.470. The Morgan fingerprint density at radius 1 is 1.28 bits per heavy atom. The van der Waals surface area contributed by atoms with E-state index in [1.807, 2.05) is 36.4 Å². The van der Waals surface area contributed by atoms with Crippen molar-refractivity contribution in [2.24, 2.45) is 0 Å². The van der Waals surface area contributed by atoms with Gasteiger partial charge in [-0.3, -0.25) is 4.79 Å². The number of hydrogen-bond acceptors (Lipinski definition) is 3. The molecule has 0 atom stereocenters. The molecule has 0 saturated heterocycles. The Kier molecular flexibility index (Phi) is 5.78. The van der Waals surface area contributed by atoms with Gasteiger partial charge >= 0.3 is 0 Å². The number of H-pyrrole nitrogens is 1. The maximum Gasteiger partial charge on any atom is 0.264 e. The second kappa shape index (κ2) is 6.65. The Hall–Kier alpha value is -0.430. The van der Waals surface area contributed by atoms with Crippen LogP contribution in [0.1, 0.15) is 52.1 Å². The maximum absolute atomic E-state index is 11.9. The van der Waals surface area contributed by atoms with E-state index in [9.17, 15) is 4.79 Å². The lowest BCUT2D eigenvalue weighted by atomic mass is 9.95. The molecule has 102 valence electrons. The molecule has 18 heavy (non-hydrogen) atoms. The molecule has 1 aromatic rings. The lowest BCUT2D eigenvalue weighted by Gasteiger charge is -2.30. The van der Waals surface area contributed by atoms with E-state index in [0.717, 1.165) is 25.0 Å². The molecule has 1 aromatic heterocycles. The molecule has 0 amide bonds. The van der Waals surface area contributed by atoms with Crippen molar-refractivity contribution in [1.82, 2.24) is 9.97 Å². The summed E-state index contributed by atoms with van der Waals surface area (Å²) in [5.74, 6) is 0.664. The monoisotopic (exact) mass is 364 g/mol. The van der Waals surface area contributed by atoms with Gasteiger partial charge in [0.1, 0.15) is 11.4 Å². The number of hydrogen-bond donors (Lipinski definition) is 1. The first-order valence-electron chi connectivity index (χ1n) is 6.47. The normalized spacial score (nSPS) is 11.8. The third-order valence-electron chi connectivity index (χ3n) is 3.26. The molecule has 4 nitrogen and oxygen atoms in total. The summed E-state index contributed by atoms with van der Waals surface area (Å²) in [6, 6.07) is 0. The highest BCUT2D eigenvalue weighted by molar-refractivity contribution is 14.1. The quantitative estimate of drug-likeness (QED) is 0.790. The first-order valence-corrected chi connectivity index (χ1v) is 7.55.